The monoisotopic (exact) mass is 798 g/mol. The molecule has 0 radical (unpaired) electrons. The largest absolute Gasteiger partial charge is 0.235 e. The van der Waals surface area contributed by atoms with E-state index in [9.17, 15) is 0 Å². The highest BCUT2D eigenvalue weighted by molar-refractivity contribution is 7.26. The second-order valence-electron chi connectivity index (χ2n) is 17.8. The molecule has 0 aliphatic heterocycles. The van der Waals surface area contributed by atoms with Gasteiger partial charge >= 0.3 is 0 Å². The molecule has 0 saturated heterocycles. The van der Waals surface area contributed by atoms with Gasteiger partial charge in [-0.25, -0.2) is 9.97 Å². The van der Waals surface area contributed by atoms with Crippen LogP contribution in [0.5, 0.6) is 0 Å². The maximum absolute atomic E-state index is 4.91. The summed E-state index contributed by atoms with van der Waals surface area (Å²) in [5, 5.41) is 1.16. The second kappa shape index (κ2) is 13.3. The summed E-state index contributed by atoms with van der Waals surface area (Å²) >= 11 is 1.77. The van der Waals surface area contributed by atoms with Gasteiger partial charge in [-0.3, -0.25) is 0 Å². The van der Waals surface area contributed by atoms with Crippen LogP contribution in [0.25, 0.3) is 98.3 Å². The lowest BCUT2D eigenvalue weighted by Gasteiger charge is -2.22. The zero-order chi connectivity index (χ0) is 41.0. The van der Waals surface area contributed by atoms with Crippen LogP contribution in [0.1, 0.15) is 49.9 Å². The van der Waals surface area contributed by atoms with Crippen molar-refractivity contribution in [3.05, 3.63) is 205 Å². The normalized spacial score (nSPS) is 14.2. The third-order valence-corrected chi connectivity index (χ3v) is 14.8. The van der Waals surface area contributed by atoms with E-state index in [1.165, 1.54) is 93.7 Å². The zero-order valence-corrected chi connectivity index (χ0v) is 35.4. The van der Waals surface area contributed by atoms with Crippen molar-refractivity contribution >= 4 is 31.6 Å². The molecule has 2 heterocycles. The Kier molecular flexibility index (Phi) is 7.83. The summed E-state index contributed by atoms with van der Waals surface area (Å²) in [6, 6.07) is 65.2. The lowest BCUT2D eigenvalue weighted by molar-refractivity contribution is 0.660. The van der Waals surface area contributed by atoms with Gasteiger partial charge in [-0.05, 0) is 131 Å². The number of thiophene rings is 1. The van der Waals surface area contributed by atoms with E-state index in [2.05, 4.69) is 204 Å². The van der Waals surface area contributed by atoms with E-state index in [1.807, 2.05) is 0 Å². The summed E-state index contributed by atoms with van der Waals surface area (Å²) in [5.41, 5.74) is 23.6. The van der Waals surface area contributed by atoms with E-state index in [1.54, 1.807) is 17.7 Å². The van der Waals surface area contributed by atoms with Gasteiger partial charge in [-0.1, -0.05) is 161 Å². The molecule has 0 N–H and O–H groups in total. The van der Waals surface area contributed by atoms with Crippen molar-refractivity contribution in [3.63, 3.8) is 0 Å². The Morgan fingerprint density at radius 1 is 0.361 bits per heavy atom. The molecule has 3 heteroatoms. The fraction of sp³-hybridized carbons (Fsp3) is 0.103. The van der Waals surface area contributed by atoms with Crippen molar-refractivity contribution in [3.8, 4) is 78.0 Å². The van der Waals surface area contributed by atoms with Crippen molar-refractivity contribution in [1.82, 2.24) is 9.97 Å². The Morgan fingerprint density at radius 2 is 0.787 bits per heavy atom. The van der Waals surface area contributed by atoms with Gasteiger partial charge in [0.2, 0.25) is 0 Å². The van der Waals surface area contributed by atoms with Crippen LogP contribution >= 0.6 is 11.3 Å². The van der Waals surface area contributed by atoms with Crippen LogP contribution in [0, 0.1) is 0 Å². The first-order chi connectivity index (χ1) is 29.7. The molecule has 2 aliphatic carbocycles. The van der Waals surface area contributed by atoms with Crippen LogP contribution < -0.4 is 0 Å². The molecule has 2 aromatic heterocycles. The quantitative estimate of drug-likeness (QED) is 0.173. The molecule has 8 aromatic carbocycles. The smallest absolute Gasteiger partial charge is 0.116 e. The Morgan fingerprint density at radius 3 is 1.33 bits per heavy atom. The molecule has 0 fully saturated rings. The van der Waals surface area contributed by atoms with Gasteiger partial charge in [0.15, 0.2) is 0 Å². The highest BCUT2D eigenvalue weighted by Crippen LogP contribution is 2.51. The molecule has 0 atom stereocenters. The molecule has 0 saturated carbocycles. The van der Waals surface area contributed by atoms with E-state index < -0.39 is 0 Å². The molecule has 10 aromatic rings. The van der Waals surface area contributed by atoms with Gasteiger partial charge in [0.25, 0.3) is 0 Å². The van der Waals surface area contributed by atoms with Crippen molar-refractivity contribution in [1.29, 1.82) is 0 Å². The van der Waals surface area contributed by atoms with Crippen LogP contribution in [-0.2, 0) is 10.8 Å². The molecule has 0 bridgehead atoms. The topological polar surface area (TPSA) is 25.8 Å². The Bertz CT molecular complexity index is 3440. The number of aromatic nitrogens is 2. The van der Waals surface area contributed by atoms with E-state index in [4.69, 9.17) is 9.97 Å². The third-order valence-electron chi connectivity index (χ3n) is 13.6. The van der Waals surface area contributed by atoms with Crippen LogP contribution in [0.3, 0.4) is 0 Å². The van der Waals surface area contributed by atoms with Crippen molar-refractivity contribution in [2.75, 3.05) is 0 Å². The third kappa shape index (κ3) is 5.54. The number of fused-ring (bicyclic) bond motifs is 9. The average Bonchev–Trinajstić information content (AvgIpc) is 3.88. The van der Waals surface area contributed by atoms with Gasteiger partial charge in [0, 0.05) is 26.5 Å². The number of hydrogen-bond donors (Lipinski definition) is 0. The summed E-state index contributed by atoms with van der Waals surface area (Å²) in [4.78, 5) is 9.80. The zero-order valence-electron chi connectivity index (χ0n) is 34.6. The van der Waals surface area contributed by atoms with E-state index in [-0.39, 0.29) is 10.8 Å². The predicted octanol–water partition coefficient (Wildman–Crippen LogP) is 15.8. The number of hydrogen-bond acceptors (Lipinski definition) is 3. The van der Waals surface area contributed by atoms with Crippen LogP contribution in [0.2, 0.25) is 0 Å². The first-order valence-corrected chi connectivity index (χ1v) is 22.0. The van der Waals surface area contributed by atoms with Crippen molar-refractivity contribution in [2.24, 2.45) is 0 Å². The standard InChI is InChI=1S/C58H42N2S/c1-57(2)49-20-7-5-18-44(49)46-25-22-41(32-51(46)57)37-14-9-12-35(28-37)39-16-11-17-43(30-39)54-56-55(60-34-59-54)48-31-40(24-27-53(48)61-56)36-13-10-15-38(29-36)42-23-26-47-45-19-6-8-21-50(45)58(3,4)52(47)33-42/h5-34H,1-4H3. The summed E-state index contributed by atoms with van der Waals surface area (Å²) in [5.74, 6) is 0. The molecule has 61 heavy (non-hydrogen) atoms. The average molecular weight is 799 g/mol. The van der Waals surface area contributed by atoms with Gasteiger partial charge in [0.1, 0.15) is 6.33 Å². The Labute approximate surface area is 360 Å². The molecule has 0 unspecified atom stereocenters. The summed E-state index contributed by atoms with van der Waals surface area (Å²) < 4.78 is 2.32. The van der Waals surface area contributed by atoms with Gasteiger partial charge in [0.05, 0.1) is 15.9 Å². The van der Waals surface area contributed by atoms with Crippen LogP contribution in [0.4, 0.5) is 0 Å². The molecule has 12 rings (SSSR count). The van der Waals surface area contributed by atoms with E-state index >= 15 is 0 Å². The summed E-state index contributed by atoms with van der Waals surface area (Å²) in [6.07, 6.45) is 1.73. The highest BCUT2D eigenvalue weighted by Gasteiger charge is 2.36. The molecule has 2 aliphatic rings. The van der Waals surface area contributed by atoms with Gasteiger partial charge in [-0.2, -0.15) is 0 Å². The first-order valence-electron chi connectivity index (χ1n) is 21.2. The minimum Gasteiger partial charge on any atom is -0.235 e. The highest BCUT2D eigenvalue weighted by atomic mass is 32.1. The fourth-order valence-corrected chi connectivity index (χ4v) is 11.5. The van der Waals surface area contributed by atoms with Crippen LogP contribution in [-0.4, -0.2) is 9.97 Å². The molecule has 0 amide bonds. The van der Waals surface area contributed by atoms with Gasteiger partial charge in [-0.15, -0.1) is 11.3 Å². The Balaban J connectivity index is 0.868. The predicted molar refractivity (Wildman–Crippen MR) is 257 cm³/mol. The SMILES string of the molecule is CC1(C)c2ccccc2-c2ccc(-c3cccc(-c4cccc(-c5ncnc6c5sc5ccc(-c7cccc(-c8ccc9c(c8)C(C)(C)c8ccccc8-9)c7)cc56)c4)c3)cc21. The lowest BCUT2D eigenvalue weighted by Crippen LogP contribution is -2.14. The van der Waals surface area contributed by atoms with E-state index in [0.717, 1.165) is 26.9 Å². The minimum absolute atomic E-state index is 0.0351. The number of benzene rings is 8. The molecular weight excluding hydrogens is 757 g/mol. The number of nitrogens with zero attached hydrogens (tertiary/aromatic N) is 2. The van der Waals surface area contributed by atoms with E-state index in [0.29, 0.717) is 0 Å². The summed E-state index contributed by atoms with van der Waals surface area (Å²) in [6.45, 7) is 9.38. The number of rotatable bonds is 5. The maximum atomic E-state index is 4.91. The second-order valence-corrected chi connectivity index (χ2v) is 18.9. The van der Waals surface area contributed by atoms with Crippen molar-refractivity contribution < 1.29 is 0 Å². The summed E-state index contributed by atoms with van der Waals surface area (Å²) in [7, 11) is 0. The van der Waals surface area contributed by atoms with Crippen LogP contribution in [0.15, 0.2) is 182 Å². The first kappa shape index (κ1) is 36.0. The fourth-order valence-electron chi connectivity index (χ4n) is 10.3. The lowest BCUT2D eigenvalue weighted by atomic mass is 9.81. The molecule has 290 valence electrons. The Hall–Kier alpha value is -6.94. The molecule has 0 spiro atoms. The van der Waals surface area contributed by atoms with Gasteiger partial charge < -0.3 is 0 Å². The molecule has 2 nitrogen and oxygen atoms in total. The van der Waals surface area contributed by atoms with Crippen molar-refractivity contribution in [2.45, 2.75) is 38.5 Å². The maximum Gasteiger partial charge on any atom is 0.116 e. The minimum atomic E-state index is -0.0368. The molecular formula is C58H42N2S.